The lowest BCUT2D eigenvalue weighted by atomic mass is 10.00. The molecule has 0 atom stereocenters. The van der Waals surface area contributed by atoms with Crippen LogP contribution in [0.15, 0.2) is 54.7 Å². The van der Waals surface area contributed by atoms with Gasteiger partial charge < -0.3 is 10.5 Å². The van der Waals surface area contributed by atoms with Gasteiger partial charge in [-0.05, 0) is 41.8 Å². The summed E-state index contributed by atoms with van der Waals surface area (Å²) in [6.45, 7) is 1.88. The topological polar surface area (TPSA) is 65.2 Å². The van der Waals surface area contributed by atoms with E-state index in [9.17, 15) is 13.6 Å². The molecule has 0 saturated carbocycles. The smallest absolute Gasteiger partial charge is 0.248 e. The summed E-state index contributed by atoms with van der Waals surface area (Å²) in [7, 11) is 0. The Morgan fingerprint density at radius 3 is 2.38 bits per heavy atom. The van der Waals surface area contributed by atoms with Crippen molar-refractivity contribution in [3.8, 4) is 16.9 Å². The summed E-state index contributed by atoms with van der Waals surface area (Å²) < 4.78 is 31.8. The van der Waals surface area contributed by atoms with Gasteiger partial charge >= 0.3 is 0 Å². The van der Waals surface area contributed by atoms with Crippen molar-refractivity contribution in [3.05, 3.63) is 83.2 Å². The lowest BCUT2D eigenvalue weighted by molar-refractivity contribution is 0.0999. The summed E-state index contributed by atoms with van der Waals surface area (Å²) in [5.74, 6) is -1.78. The van der Waals surface area contributed by atoms with Crippen molar-refractivity contribution in [1.82, 2.24) is 4.98 Å². The van der Waals surface area contributed by atoms with Crippen LogP contribution in [0, 0.1) is 18.6 Å². The molecule has 6 heteroatoms. The van der Waals surface area contributed by atoms with Crippen LogP contribution in [0.5, 0.6) is 5.75 Å². The highest BCUT2D eigenvalue weighted by atomic mass is 19.1. The molecule has 132 valence electrons. The van der Waals surface area contributed by atoms with Gasteiger partial charge in [0.25, 0.3) is 0 Å². The van der Waals surface area contributed by atoms with E-state index in [0.29, 0.717) is 11.3 Å². The van der Waals surface area contributed by atoms with Crippen LogP contribution in [-0.2, 0) is 6.61 Å². The SMILES string of the molecule is Cc1cc(-c2ccnc(COc3cc(F)cc(F)c3)c2)ccc1C(N)=O. The maximum atomic E-state index is 13.2. The van der Waals surface area contributed by atoms with E-state index in [-0.39, 0.29) is 12.4 Å². The van der Waals surface area contributed by atoms with Gasteiger partial charge in [-0.3, -0.25) is 9.78 Å². The van der Waals surface area contributed by atoms with Gasteiger partial charge in [-0.25, -0.2) is 8.78 Å². The molecule has 0 bridgehead atoms. The molecule has 0 fully saturated rings. The summed E-state index contributed by atoms with van der Waals surface area (Å²) >= 11 is 0. The predicted octanol–water partition coefficient (Wildman–Crippen LogP) is 4.01. The van der Waals surface area contributed by atoms with Crippen molar-refractivity contribution >= 4 is 5.91 Å². The molecular weight excluding hydrogens is 338 g/mol. The van der Waals surface area contributed by atoms with Gasteiger partial charge in [0.1, 0.15) is 24.0 Å². The molecular formula is C20H16F2N2O2. The number of nitrogens with two attached hydrogens (primary N) is 1. The second-order valence-electron chi connectivity index (χ2n) is 5.82. The van der Waals surface area contributed by atoms with Crippen LogP contribution < -0.4 is 10.5 Å². The molecule has 0 saturated heterocycles. The first-order valence-electron chi connectivity index (χ1n) is 7.87. The molecule has 2 N–H and O–H groups in total. The molecule has 1 heterocycles. The molecule has 0 radical (unpaired) electrons. The van der Waals surface area contributed by atoms with Gasteiger partial charge in [0, 0.05) is 30.0 Å². The van der Waals surface area contributed by atoms with Crippen molar-refractivity contribution < 1.29 is 18.3 Å². The number of pyridine rings is 1. The predicted molar refractivity (Wildman–Crippen MR) is 93.6 cm³/mol. The fourth-order valence-corrected chi connectivity index (χ4v) is 2.63. The normalized spacial score (nSPS) is 10.6. The zero-order valence-electron chi connectivity index (χ0n) is 14.0. The minimum Gasteiger partial charge on any atom is -0.487 e. The third kappa shape index (κ3) is 4.03. The number of halogens is 2. The number of aryl methyl sites for hydroxylation is 1. The van der Waals surface area contributed by atoms with Crippen LogP contribution in [0.1, 0.15) is 21.6 Å². The van der Waals surface area contributed by atoms with E-state index in [1.165, 1.54) is 0 Å². The molecule has 2 aromatic carbocycles. The lowest BCUT2D eigenvalue weighted by Gasteiger charge is -2.09. The van der Waals surface area contributed by atoms with E-state index < -0.39 is 17.5 Å². The molecule has 0 unspecified atom stereocenters. The van der Waals surface area contributed by atoms with Gasteiger partial charge in [0.05, 0.1) is 5.69 Å². The second-order valence-corrected chi connectivity index (χ2v) is 5.82. The third-order valence-electron chi connectivity index (χ3n) is 3.86. The maximum Gasteiger partial charge on any atom is 0.248 e. The molecule has 0 aliphatic heterocycles. The third-order valence-corrected chi connectivity index (χ3v) is 3.86. The Labute approximate surface area is 149 Å². The van der Waals surface area contributed by atoms with Gasteiger partial charge in [0.15, 0.2) is 0 Å². The number of hydrogen-bond acceptors (Lipinski definition) is 3. The Kier molecular flexibility index (Phi) is 4.93. The number of aromatic nitrogens is 1. The fraction of sp³-hybridized carbons (Fsp3) is 0.100. The molecule has 3 rings (SSSR count). The standard InChI is InChI=1S/C20H16F2N2O2/c1-12-6-13(2-3-19(12)20(23)25)14-4-5-24-17(7-14)11-26-18-9-15(21)8-16(22)10-18/h2-10H,11H2,1H3,(H2,23,25). The number of carbonyl (C=O) groups is 1. The summed E-state index contributed by atoms with van der Waals surface area (Å²) in [6, 6.07) is 12.0. The number of ether oxygens (including phenoxy) is 1. The highest BCUT2D eigenvalue weighted by molar-refractivity contribution is 5.94. The second kappa shape index (κ2) is 7.31. The van der Waals surface area contributed by atoms with Gasteiger partial charge in [0.2, 0.25) is 5.91 Å². The van der Waals surface area contributed by atoms with Crippen LogP contribution in [0.25, 0.3) is 11.1 Å². The van der Waals surface area contributed by atoms with Crippen LogP contribution in [0.4, 0.5) is 8.78 Å². The number of amides is 1. The first kappa shape index (κ1) is 17.5. The van der Waals surface area contributed by atoms with E-state index in [4.69, 9.17) is 10.5 Å². The zero-order chi connectivity index (χ0) is 18.7. The van der Waals surface area contributed by atoms with E-state index in [1.54, 1.807) is 18.3 Å². The average Bonchev–Trinajstić information content (AvgIpc) is 2.59. The Bertz CT molecular complexity index is 954. The van der Waals surface area contributed by atoms with Crippen LogP contribution in [0.2, 0.25) is 0 Å². The number of benzene rings is 2. The summed E-state index contributed by atoms with van der Waals surface area (Å²) in [5, 5.41) is 0. The average molecular weight is 354 g/mol. The number of hydrogen-bond donors (Lipinski definition) is 1. The molecule has 4 nitrogen and oxygen atoms in total. The first-order valence-corrected chi connectivity index (χ1v) is 7.87. The quantitative estimate of drug-likeness (QED) is 0.753. The molecule has 26 heavy (non-hydrogen) atoms. The van der Waals surface area contributed by atoms with Crippen LogP contribution in [0.3, 0.4) is 0 Å². The lowest BCUT2D eigenvalue weighted by Crippen LogP contribution is -2.12. The Morgan fingerprint density at radius 1 is 1.04 bits per heavy atom. The van der Waals surface area contributed by atoms with Crippen molar-refractivity contribution in [2.75, 3.05) is 0 Å². The number of carbonyl (C=O) groups excluding carboxylic acids is 1. The highest BCUT2D eigenvalue weighted by Crippen LogP contribution is 2.23. The fourth-order valence-electron chi connectivity index (χ4n) is 2.63. The van der Waals surface area contributed by atoms with Crippen molar-refractivity contribution in [2.24, 2.45) is 5.73 Å². The van der Waals surface area contributed by atoms with Crippen molar-refractivity contribution in [3.63, 3.8) is 0 Å². The Hall–Kier alpha value is -3.28. The van der Waals surface area contributed by atoms with Crippen LogP contribution >= 0.6 is 0 Å². The molecule has 0 aliphatic rings. The van der Waals surface area contributed by atoms with Gasteiger partial charge in [-0.2, -0.15) is 0 Å². The number of primary amides is 1. The molecule has 1 amide bonds. The zero-order valence-corrected chi connectivity index (χ0v) is 14.0. The maximum absolute atomic E-state index is 13.2. The molecule has 0 spiro atoms. The molecule has 1 aromatic heterocycles. The minimum atomic E-state index is -0.702. The Balaban J connectivity index is 1.80. The van der Waals surface area contributed by atoms with Crippen molar-refractivity contribution in [2.45, 2.75) is 13.5 Å². The van der Waals surface area contributed by atoms with E-state index in [2.05, 4.69) is 4.98 Å². The summed E-state index contributed by atoms with van der Waals surface area (Å²) in [6.07, 6.45) is 1.62. The monoisotopic (exact) mass is 354 g/mol. The first-order chi connectivity index (χ1) is 12.4. The Morgan fingerprint density at radius 2 is 1.73 bits per heavy atom. The van der Waals surface area contributed by atoms with Gasteiger partial charge in [-0.15, -0.1) is 0 Å². The minimum absolute atomic E-state index is 0.0646. The van der Waals surface area contributed by atoms with Crippen LogP contribution in [-0.4, -0.2) is 10.9 Å². The number of nitrogens with zero attached hydrogens (tertiary/aromatic N) is 1. The van der Waals surface area contributed by atoms with Gasteiger partial charge in [-0.1, -0.05) is 12.1 Å². The van der Waals surface area contributed by atoms with Crippen molar-refractivity contribution in [1.29, 1.82) is 0 Å². The summed E-state index contributed by atoms with van der Waals surface area (Å²) in [5.41, 5.74) is 8.95. The number of rotatable bonds is 5. The summed E-state index contributed by atoms with van der Waals surface area (Å²) in [4.78, 5) is 15.5. The largest absolute Gasteiger partial charge is 0.487 e. The van der Waals surface area contributed by atoms with E-state index in [0.717, 1.165) is 34.9 Å². The highest BCUT2D eigenvalue weighted by Gasteiger charge is 2.08. The molecule has 0 aliphatic carbocycles. The van der Waals surface area contributed by atoms with E-state index in [1.807, 2.05) is 25.1 Å². The van der Waals surface area contributed by atoms with E-state index >= 15 is 0 Å². The molecule has 3 aromatic rings.